The molecular weight excluding hydrogens is 327 g/mol. The van der Waals surface area contributed by atoms with E-state index in [4.69, 9.17) is 4.74 Å². The molecule has 1 N–H and O–H groups in total. The Kier molecular flexibility index (Phi) is 6.75. The highest BCUT2D eigenvalue weighted by molar-refractivity contribution is 5.85. The quantitative estimate of drug-likeness (QED) is 0.884. The average Bonchev–Trinajstić information content (AvgIpc) is 2.60. The highest BCUT2D eigenvalue weighted by Gasteiger charge is 2.32. The van der Waals surface area contributed by atoms with Crippen molar-refractivity contribution in [2.75, 3.05) is 26.8 Å². The van der Waals surface area contributed by atoms with Crippen molar-refractivity contribution < 1.29 is 23.5 Å². The third-order valence-electron chi connectivity index (χ3n) is 4.11. The van der Waals surface area contributed by atoms with E-state index in [2.05, 4.69) is 10.1 Å². The lowest BCUT2D eigenvalue weighted by atomic mass is 10.0. The SMILES string of the molecule is COC(=O)NC(CC(C)C)C(=O)N1CCOC(c2ccccc2F)C1. The molecule has 2 amide bonds. The van der Waals surface area contributed by atoms with Crippen LogP contribution in [-0.4, -0.2) is 49.7 Å². The number of carbonyl (C=O) groups is 2. The van der Waals surface area contributed by atoms with Gasteiger partial charge in [-0.15, -0.1) is 0 Å². The Labute approximate surface area is 147 Å². The number of hydrogen-bond acceptors (Lipinski definition) is 4. The van der Waals surface area contributed by atoms with E-state index in [9.17, 15) is 14.0 Å². The topological polar surface area (TPSA) is 67.9 Å². The lowest BCUT2D eigenvalue weighted by molar-refractivity contribution is -0.141. The summed E-state index contributed by atoms with van der Waals surface area (Å²) in [5.41, 5.74) is 0.432. The minimum Gasteiger partial charge on any atom is -0.453 e. The summed E-state index contributed by atoms with van der Waals surface area (Å²) in [5, 5.41) is 2.59. The van der Waals surface area contributed by atoms with Gasteiger partial charge in [0.1, 0.15) is 18.0 Å². The number of benzene rings is 1. The number of rotatable bonds is 5. The molecule has 0 aliphatic carbocycles. The minimum atomic E-state index is -0.674. The van der Waals surface area contributed by atoms with Gasteiger partial charge in [-0.2, -0.15) is 0 Å². The predicted molar refractivity (Wildman–Crippen MR) is 90.5 cm³/mol. The van der Waals surface area contributed by atoms with Crippen LogP contribution in [0.5, 0.6) is 0 Å². The minimum absolute atomic E-state index is 0.205. The van der Waals surface area contributed by atoms with Crippen LogP contribution in [0.1, 0.15) is 31.9 Å². The monoisotopic (exact) mass is 352 g/mol. The summed E-state index contributed by atoms with van der Waals surface area (Å²) >= 11 is 0. The van der Waals surface area contributed by atoms with Gasteiger partial charge in [-0.1, -0.05) is 32.0 Å². The summed E-state index contributed by atoms with van der Waals surface area (Å²) in [6.45, 7) is 4.91. The lowest BCUT2D eigenvalue weighted by Gasteiger charge is -2.35. The molecule has 6 nitrogen and oxygen atoms in total. The van der Waals surface area contributed by atoms with Crippen molar-refractivity contribution in [3.05, 3.63) is 35.6 Å². The molecule has 0 spiro atoms. The van der Waals surface area contributed by atoms with Crippen LogP contribution < -0.4 is 5.32 Å². The second-order valence-electron chi connectivity index (χ2n) is 6.48. The van der Waals surface area contributed by atoms with E-state index in [1.165, 1.54) is 13.2 Å². The Bertz CT molecular complexity index is 608. The normalized spacial score (nSPS) is 18.8. The van der Waals surface area contributed by atoms with E-state index in [1.807, 2.05) is 13.8 Å². The molecule has 2 rings (SSSR count). The molecule has 1 fully saturated rings. The van der Waals surface area contributed by atoms with Gasteiger partial charge in [0, 0.05) is 12.1 Å². The summed E-state index contributed by atoms with van der Waals surface area (Å²) < 4.78 is 24.2. The summed E-state index contributed by atoms with van der Waals surface area (Å²) in [6, 6.07) is 5.71. The summed E-state index contributed by atoms with van der Waals surface area (Å²) in [5.74, 6) is -0.341. The van der Waals surface area contributed by atoms with E-state index < -0.39 is 18.2 Å². The zero-order valence-electron chi connectivity index (χ0n) is 14.8. The average molecular weight is 352 g/mol. The number of nitrogens with zero attached hydrogens (tertiary/aromatic N) is 1. The highest BCUT2D eigenvalue weighted by Crippen LogP contribution is 2.25. The first-order valence-corrected chi connectivity index (χ1v) is 8.41. The maximum atomic E-state index is 14.0. The standard InChI is InChI=1S/C18H25FN2O4/c1-12(2)10-15(20-18(23)24-3)17(22)21-8-9-25-16(11-21)13-6-4-5-7-14(13)19/h4-7,12,15-16H,8-11H2,1-3H3,(H,20,23). The summed E-state index contributed by atoms with van der Waals surface area (Å²) in [6.07, 6.45) is -0.662. The zero-order valence-corrected chi connectivity index (χ0v) is 14.8. The fourth-order valence-electron chi connectivity index (χ4n) is 2.89. The second-order valence-corrected chi connectivity index (χ2v) is 6.48. The molecule has 25 heavy (non-hydrogen) atoms. The fraction of sp³-hybridized carbons (Fsp3) is 0.556. The van der Waals surface area contributed by atoms with Crippen molar-refractivity contribution in [2.45, 2.75) is 32.4 Å². The molecule has 0 aromatic heterocycles. The van der Waals surface area contributed by atoms with Crippen molar-refractivity contribution in [1.29, 1.82) is 0 Å². The number of carbonyl (C=O) groups excluding carboxylic acids is 2. The first-order valence-electron chi connectivity index (χ1n) is 8.41. The van der Waals surface area contributed by atoms with Gasteiger partial charge in [-0.05, 0) is 18.4 Å². The van der Waals surface area contributed by atoms with Crippen molar-refractivity contribution in [3.8, 4) is 0 Å². The van der Waals surface area contributed by atoms with Crippen molar-refractivity contribution in [2.24, 2.45) is 5.92 Å². The van der Waals surface area contributed by atoms with Gasteiger partial charge in [-0.3, -0.25) is 4.79 Å². The number of alkyl carbamates (subject to hydrolysis) is 1. The molecule has 0 radical (unpaired) electrons. The fourth-order valence-corrected chi connectivity index (χ4v) is 2.89. The Morgan fingerprint density at radius 1 is 1.40 bits per heavy atom. The first kappa shape index (κ1) is 19.2. The van der Waals surface area contributed by atoms with Crippen LogP contribution in [0.15, 0.2) is 24.3 Å². The van der Waals surface area contributed by atoms with Crippen LogP contribution in [0.4, 0.5) is 9.18 Å². The van der Waals surface area contributed by atoms with Crippen LogP contribution >= 0.6 is 0 Å². The van der Waals surface area contributed by atoms with E-state index in [-0.39, 0.29) is 24.2 Å². The Balaban J connectivity index is 2.10. The third-order valence-corrected chi connectivity index (χ3v) is 4.11. The molecule has 7 heteroatoms. The predicted octanol–water partition coefficient (Wildman–Crippen LogP) is 2.50. The molecule has 1 saturated heterocycles. The molecule has 1 aliphatic heterocycles. The van der Waals surface area contributed by atoms with Gasteiger partial charge < -0.3 is 19.7 Å². The van der Waals surface area contributed by atoms with Crippen LogP contribution in [0.2, 0.25) is 0 Å². The Morgan fingerprint density at radius 2 is 2.12 bits per heavy atom. The number of nitrogens with one attached hydrogen (secondary N) is 1. The van der Waals surface area contributed by atoms with E-state index in [0.717, 1.165) is 0 Å². The molecule has 1 heterocycles. The van der Waals surface area contributed by atoms with Gasteiger partial charge in [-0.25, -0.2) is 9.18 Å². The van der Waals surface area contributed by atoms with Gasteiger partial charge in [0.25, 0.3) is 0 Å². The van der Waals surface area contributed by atoms with Crippen LogP contribution in [0.3, 0.4) is 0 Å². The molecular formula is C18H25FN2O4. The highest BCUT2D eigenvalue weighted by atomic mass is 19.1. The molecule has 1 aromatic rings. The van der Waals surface area contributed by atoms with Crippen molar-refractivity contribution >= 4 is 12.0 Å². The van der Waals surface area contributed by atoms with Gasteiger partial charge in [0.2, 0.25) is 5.91 Å². The molecule has 0 bridgehead atoms. The third kappa shape index (κ3) is 5.16. The maximum Gasteiger partial charge on any atom is 0.407 e. The van der Waals surface area contributed by atoms with Crippen molar-refractivity contribution in [1.82, 2.24) is 10.2 Å². The molecule has 0 saturated carbocycles. The number of hydrogen-bond donors (Lipinski definition) is 1. The number of methoxy groups -OCH3 is 1. The van der Waals surface area contributed by atoms with E-state index in [1.54, 1.807) is 23.1 Å². The zero-order chi connectivity index (χ0) is 18.4. The number of halogens is 1. The Morgan fingerprint density at radius 3 is 2.76 bits per heavy atom. The van der Waals surface area contributed by atoms with Crippen LogP contribution in [-0.2, 0) is 14.3 Å². The van der Waals surface area contributed by atoms with Crippen molar-refractivity contribution in [3.63, 3.8) is 0 Å². The van der Waals surface area contributed by atoms with E-state index >= 15 is 0 Å². The Hall–Kier alpha value is -2.15. The summed E-state index contributed by atoms with van der Waals surface area (Å²) in [7, 11) is 1.26. The number of amides is 2. The van der Waals surface area contributed by atoms with Gasteiger partial charge in [0.05, 0.1) is 20.3 Å². The largest absolute Gasteiger partial charge is 0.453 e. The second kappa shape index (κ2) is 8.80. The smallest absolute Gasteiger partial charge is 0.407 e. The molecule has 1 aromatic carbocycles. The summed E-state index contributed by atoms with van der Waals surface area (Å²) in [4.78, 5) is 26.0. The van der Waals surface area contributed by atoms with Crippen LogP contribution in [0, 0.1) is 11.7 Å². The van der Waals surface area contributed by atoms with Crippen LogP contribution in [0.25, 0.3) is 0 Å². The number of ether oxygens (including phenoxy) is 2. The maximum absolute atomic E-state index is 14.0. The van der Waals surface area contributed by atoms with Gasteiger partial charge >= 0.3 is 6.09 Å². The molecule has 138 valence electrons. The first-order chi connectivity index (χ1) is 11.9. The number of morpholine rings is 1. The van der Waals surface area contributed by atoms with Gasteiger partial charge in [0.15, 0.2) is 0 Å². The molecule has 1 aliphatic rings. The lowest BCUT2D eigenvalue weighted by Crippen LogP contribution is -2.52. The molecule has 2 unspecified atom stereocenters. The molecule has 2 atom stereocenters. The van der Waals surface area contributed by atoms with E-state index in [0.29, 0.717) is 25.1 Å².